The van der Waals surface area contributed by atoms with Crippen molar-refractivity contribution in [3.8, 4) is 0 Å². The number of anilines is 1. The van der Waals surface area contributed by atoms with Crippen LogP contribution in [0.1, 0.15) is 12.5 Å². The third-order valence-electron chi connectivity index (χ3n) is 4.11. The van der Waals surface area contributed by atoms with Gasteiger partial charge in [-0.3, -0.25) is 9.59 Å². The van der Waals surface area contributed by atoms with Gasteiger partial charge in [-0.2, -0.15) is 0 Å². The zero-order chi connectivity index (χ0) is 19.1. The molecular formula is C19H22Cl2N3O2+. The molecule has 2 aromatic rings. The van der Waals surface area contributed by atoms with Gasteiger partial charge in [0, 0.05) is 6.54 Å². The molecule has 3 N–H and O–H groups in total. The van der Waals surface area contributed by atoms with Crippen molar-refractivity contribution in [3.63, 3.8) is 0 Å². The summed E-state index contributed by atoms with van der Waals surface area (Å²) in [5.41, 5.74) is 1.41. The summed E-state index contributed by atoms with van der Waals surface area (Å²) < 4.78 is 0. The number of hydrogen-bond donors (Lipinski definition) is 3. The first-order chi connectivity index (χ1) is 12.4. The van der Waals surface area contributed by atoms with Crippen LogP contribution in [0.5, 0.6) is 0 Å². The fourth-order valence-electron chi connectivity index (χ4n) is 2.37. The molecule has 0 aliphatic heterocycles. The van der Waals surface area contributed by atoms with Crippen LogP contribution < -0.4 is 15.5 Å². The first kappa shape index (κ1) is 20.2. The highest BCUT2D eigenvalue weighted by atomic mass is 35.5. The molecule has 0 fully saturated rings. The van der Waals surface area contributed by atoms with Crippen LogP contribution in [0.2, 0.25) is 10.0 Å². The molecule has 2 amide bonds. The molecule has 0 radical (unpaired) electrons. The monoisotopic (exact) mass is 394 g/mol. The normalized spacial score (nSPS) is 12.9. The summed E-state index contributed by atoms with van der Waals surface area (Å²) in [5.74, 6) is -0.380. The Hall–Kier alpha value is -2.08. The molecule has 138 valence electrons. The van der Waals surface area contributed by atoms with Crippen molar-refractivity contribution in [3.05, 3.63) is 64.1 Å². The van der Waals surface area contributed by atoms with Crippen LogP contribution in [0.3, 0.4) is 0 Å². The number of carbonyl (C=O) groups is 2. The molecule has 7 heteroatoms. The van der Waals surface area contributed by atoms with Gasteiger partial charge in [0.15, 0.2) is 12.6 Å². The summed E-state index contributed by atoms with van der Waals surface area (Å²) in [6.45, 7) is 2.35. The van der Waals surface area contributed by atoms with E-state index in [1.807, 2.05) is 30.3 Å². The Balaban J connectivity index is 1.86. The Morgan fingerprint density at radius 1 is 1.04 bits per heavy atom. The van der Waals surface area contributed by atoms with Crippen molar-refractivity contribution < 1.29 is 14.5 Å². The molecule has 0 saturated heterocycles. The average Bonchev–Trinajstić information content (AvgIpc) is 2.63. The van der Waals surface area contributed by atoms with E-state index in [9.17, 15) is 9.59 Å². The molecule has 5 nitrogen and oxygen atoms in total. The third kappa shape index (κ3) is 5.73. The Morgan fingerprint density at radius 2 is 1.65 bits per heavy atom. The second-order valence-corrected chi connectivity index (χ2v) is 6.91. The minimum absolute atomic E-state index is 0.113. The molecule has 0 aliphatic carbocycles. The number of nitrogens with one attached hydrogen (secondary N) is 3. The highest BCUT2D eigenvalue weighted by Gasteiger charge is 2.24. The van der Waals surface area contributed by atoms with E-state index in [-0.39, 0.29) is 24.4 Å². The summed E-state index contributed by atoms with van der Waals surface area (Å²) in [6, 6.07) is 14.3. The Kier molecular flexibility index (Phi) is 7.45. The number of rotatable bonds is 7. The van der Waals surface area contributed by atoms with E-state index < -0.39 is 0 Å². The maximum Gasteiger partial charge on any atom is 0.279 e. The standard InChI is InChI=1S/C19H21Cl2N3O2/c1-13(19(26)22-11-14-7-4-3-5-8-14)24(2)12-17(25)23-18-15(20)9-6-10-16(18)21/h3-10,13H,11-12H2,1-2H3,(H,22,26)(H,23,25)/p+1/t13-/m1/s1. The Morgan fingerprint density at radius 3 is 2.27 bits per heavy atom. The summed E-state index contributed by atoms with van der Waals surface area (Å²) in [4.78, 5) is 25.3. The van der Waals surface area contributed by atoms with Gasteiger partial charge in [0.1, 0.15) is 0 Å². The Bertz CT molecular complexity index is 748. The van der Waals surface area contributed by atoms with Crippen LogP contribution in [0.15, 0.2) is 48.5 Å². The van der Waals surface area contributed by atoms with Crippen molar-refractivity contribution in [2.24, 2.45) is 0 Å². The number of halogens is 2. The minimum atomic E-state index is -0.383. The van der Waals surface area contributed by atoms with Crippen molar-refractivity contribution in [1.29, 1.82) is 0 Å². The molecule has 0 aliphatic rings. The lowest BCUT2D eigenvalue weighted by Gasteiger charge is -2.21. The van der Waals surface area contributed by atoms with Gasteiger partial charge in [0.05, 0.1) is 22.8 Å². The maximum absolute atomic E-state index is 12.3. The van der Waals surface area contributed by atoms with Gasteiger partial charge in [0.25, 0.3) is 11.8 Å². The van der Waals surface area contributed by atoms with Gasteiger partial charge < -0.3 is 15.5 Å². The van der Waals surface area contributed by atoms with Crippen molar-refractivity contribution >= 4 is 40.7 Å². The van der Waals surface area contributed by atoms with Crippen LogP contribution in [-0.4, -0.2) is 31.4 Å². The fourth-order valence-corrected chi connectivity index (χ4v) is 2.86. The molecule has 0 saturated carbocycles. The Labute approximate surface area is 163 Å². The summed E-state index contributed by atoms with van der Waals surface area (Å²) in [7, 11) is 1.79. The highest BCUT2D eigenvalue weighted by Crippen LogP contribution is 2.29. The molecule has 2 aromatic carbocycles. The molecule has 0 aromatic heterocycles. The molecule has 1 unspecified atom stereocenters. The topological polar surface area (TPSA) is 62.6 Å². The van der Waals surface area contributed by atoms with Gasteiger partial charge in [-0.25, -0.2) is 0 Å². The van der Waals surface area contributed by atoms with E-state index in [1.54, 1.807) is 32.2 Å². The molecule has 26 heavy (non-hydrogen) atoms. The molecule has 0 spiro atoms. The first-order valence-corrected chi connectivity index (χ1v) is 9.02. The summed E-state index contributed by atoms with van der Waals surface area (Å²) in [6.07, 6.45) is 0. The lowest BCUT2D eigenvalue weighted by atomic mass is 10.2. The maximum atomic E-state index is 12.3. The molecular weight excluding hydrogens is 373 g/mol. The third-order valence-corrected chi connectivity index (χ3v) is 4.74. The predicted octanol–water partition coefficient (Wildman–Crippen LogP) is 2.15. The van der Waals surface area contributed by atoms with Gasteiger partial charge in [-0.05, 0) is 24.6 Å². The number of amides is 2. The van der Waals surface area contributed by atoms with Gasteiger partial charge in [0.2, 0.25) is 0 Å². The fraction of sp³-hybridized carbons (Fsp3) is 0.263. The lowest BCUT2D eigenvalue weighted by Crippen LogP contribution is -3.15. The minimum Gasteiger partial charge on any atom is -0.347 e. The highest BCUT2D eigenvalue weighted by molar-refractivity contribution is 6.39. The predicted molar refractivity (Wildman–Crippen MR) is 105 cm³/mol. The number of para-hydroxylation sites is 1. The van der Waals surface area contributed by atoms with Crippen LogP contribution in [0.4, 0.5) is 5.69 Å². The van der Waals surface area contributed by atoms with E-state index in [2.05, 4.69) is 10.6 Å². The summed E-state index contributed by atoms with van der Waals surface area (Å²) in [5, 5.41) is 6.34. The number of benzene rings is 2. The van der Waals surface area contributed by atoms with E-state index in [1.165, 1.54) is 0 Å². The quantitative estimate of drug-likeness (QED) is 0.673. The second kappa shape index (κ2) is 9.57. The van der Waals surface area contributed by atoms with Crippen molar-refractivity contribution in [2.75, 3.05) is 18.9 Å². The van der Waals surface area contributed by atoms with Gasteiger partial charge in [-0.1, -0.05) is 59.6 Å². The smallest absolute Gasteiger partial charge is 0.279 e. The molecule has 0 heterocycles. The average molecular weight is 395 g/mol. The number of likely N-dealkylation sites (N-methyl/N-ethyl adjacent to an activating group) is 1. The number of quaternary nitrogens is 1. The van der Waals surface area contributed by atoms with E-state index in [0.717, 1.165) is 10.5 Å². The number of carbonyl (C=O) groups excluding carboxylic acids is 2. The van der Waals surface area contributed by atoms with E-state index >= 15 is 0 Å². The van der Waals surface area contributed by atoms with Gasteiger partial charge >= 0.3 is 0 Å². The second-order valence-electron chi connectivity index (χ2n) is 6.09. The van der Waals surface area contributed by atoms with Crippen LogP contribution in [-0.2, 0) is 16.1 Å². The zero-order valence-electron chi connectivity index (χ0n) is 14.7. The molecule has 2 rings (SSSR count). The van der Waals surface area contributed by atoms with Crippen LogP contribution in [0.25, 0.3) is 0 Å². The SMILES string of the molecule is C[C@H](C(=O)NCc1ccccc1)[NH+](C)CC(=O)Nc1c(Cl)cccc1Cl. The molecule has 2 atom stereocenters. The van der Waals surface area contributed by atoms with E-state index in [0.29, 0.717) is 22.3 Å². The summed E-state index contributed by atoms with van der Waals surface area (Å²) >= 11 is 12.1. The zero-order valence-corrected chi connectivity index (χ0v) is 16.2. The molecule has 0 bridgehead atoms. The van der Waals surface area contributed by atoms with Crippen LogP contribution >= 0.6 is 23.2 Å². The number of hydrogen-bond acceptors (Lipinski definition) is 2. The van der Waals surface area contributed by atoms with Crippen LogP contribution in [0, 0.1) is 0 Å². The van der Waals surface area contributed by atoms with Crippen molar-refractivity contribution in [2.45, 2.75) is 19.5 Å². The largest absolute Gasteiger partial charge is 0.347 e. The van der Waals surface area contributed by atoms with Crippen molar-refractivity contribution in [1.82, 2.24) is 5.32 Å². The van der Waals surface area contributed by atoms with Gasteiger partial charge in [-0.15, -0.1) is 0 Å². The lowest BCUT2D eigenvalue weighted by molar-refractivity contribution is -0.885. The first-order valence-electron chi connectivity index (χ1n) is 8.26. The van der Waals surface area contributed by atoms with E-state index in [4.69, 9.17) is 23.2 Å².